The lowest BCUT2D eigenvalue weighted by atomic mass is 9.98. The van der Waals surface area contributed by atoms with Crippen molar-refractivity contribution in [2.75, 3.05) is 26.7 Å². The second kappa shape index (κ2) is 8.12. The van der Waals surface area contributed by atoms with Gasteiger partial charge < -0.3 is 9.64 Å². The van der Waals surface area contributed by atoms with Crippen molar-refractivity contribution in [2.24, 2.45) is 0 Å². The Morgan fingerprint density at radius 1 is 1.13 bits per heavy atom. The van der Waals surface area contributed by atoms with Gasteiger partial charge in [0.25, 0.3) is 0 Å². The zero-order chi connectivity index (χ0) is 10.9. The average Bonchev–Trinajstić information content (AvgIpc) is 2.26. The molecule has 0 atom stereocenters. The van der Waals surface area contributed by atoms with Crippen molar-refractivity contribution in [3.63, 3.8) is 0 Å². The predicted molar refractivity (Wildman–Crippen MR) is 65.2 cm³/mol. The van der Waals surface area contributed by atoms with Crippen LogP contribution in [0.2, 0.25) is 0 Å². The van der Waals surface area contributed by atoms with Crippen molar-refractivity contribution >= 4 is 0 Å². The summed E-state index contributed by atoms with van der Waals surface area (Å²) >= 11 is 0. The number of hydrogen-bond acceptors (Lipinski definition) is 2. The molecule has 0 heterocycles. The summed E-state index contributed by atoms with van der Waals surface area (Å²) in [5, 5.41) is 0. The van der Waals surface area contributed by atoms with E-state index in [1.165, 1.54) is 58.0 Å². The predicted octanol–water partition coefficient (Wildman–Crippen LogP) is 3.07. The molecule has 1 fully saturated rings. The van der Waals surface area contributed by atoms with E-state index in [9.17, 15) is 0 Å². The van der Waals surface area contributed by atoms with Gasteiger partial charge in [-0.1, -0.05) is 26.2 Å². The monoisotopic (exact) mass is 213 g/mol. The summed E-state index contributed by atoms with van der Waals surface area (Å²) in [5.74, 6) is 0. The fourth-order valence-corrected chi connectivity index (χ4v) is 2.31. The third-order valence-electron chi connectivity index (χ3n) is 3.20. The molecule has 0 saturated heterocycles. The van der Waals surface area contributed by atoms with Crippen molar-refractivity contribution in [2.45, 2.75) is 58.0 Å². The molecule has 0 N–H and O–H groups in total. The number of ether oxygens (including phenoxy) is 1. The van der Waals surface area contributed by atoms with Crippen molar-refractivity contribution < 1.29 is 4.74 Å². The van der Waals surface area contributed by atoms with Gasteiger partial charge in [-0.05, 0) is 39.3 Å². The SMILES string of the molecule is CCCN(C)CCCOC1CCCCC1. The molecule has 90 valence electrons. The Balaban J connectivity index is 1.91. The maximum absolute atomic E-state index is 5.88. The maximum Gasteiger partial charge on any atom is 0.0575 e. The summed E-state index contributed by atoms with van der Waals surface area (Å²) in [6.07, 6.45) is 9.78. The van der Waals surface area contributed by atoms with E-state index in [0.29, 0.717) is 6.10 Å². The summed E-state index contributed by atoms with van der Waals surface area (Å²) in [4.78, 5) is 2.39. The Bertz CT molecular complexity index is 143. The number of nitrogens with zero attached hydrogens (tertiary/aromatic N) is 1. The second-order valence-corrected chi connectivity index (χ2v) is 4.79. The van der Waals surface area contributed by atoms with Crippen molar-refractivity contribution in [1.82, 2.24) is 4.90 Å². The minimum Gasteiger partial charge on any atom is -0.378 e. The summed E-state index contributed by atoms with van der Waals surface area (Å²) in [6, 6.07) is 0. The molecule has 1 saturated carbocycles. The van der Waals surface area contributed by atoms with E-state index in [2.05, 4.69) is 18.9 Å². The molecule has 1 aliphatic carbocycles. The Hall–Kier alpha value is -0.0800. The zero-order valence-corrected chi connectivity index (χ0v) is 10.5. The van der Waals surface area contributed by atoms with Crippen molar-refractivity contribution in [3.05, 3.63) is 0 Å². The van der Waals surface area contributed by atoms with E-state index in [0.717, 1.165) is 6.61 Å². The molecule has 0 radical (unpaired) electrons. The van der Waals surface area contributed by atoms with E-state index in [-0.39, 0.29) is 0 Å². The standard InChI is InChI=1S/C13H27NO/c1-3-10-14(2)11-7-12-15-13-8-5-4-6-9-13/h13H,3-12H2,1-2H3. The molecule has 0 aromatic carbocycles. The highest BCUT2D eigenvalue weighted by Gasteiger charge is 2.12. The lowest BCUT2D eigenvalue weighted by Crippen LogP contribution is -2.23. The fraction of sp³-hybridized carbons (Fsp3) is 1.00. The molecular weight excluding hydrogens is 186 g/mol. The summed E-state index contributed by atoms with van der Waals surface area (Å²) in [5.41, 5.74) is 0. The van der Waals surface area contributed by atoms with Gasteiger partial charge in [0.2, 0.25) is 0 Å². The lowest BCUT2D eigenvalue weighted by molar-refractivity contribution is 0.0243. The minimum atomic E-state index is 0.579. The molecule has 15 heavy (non-hydrogen) atoms. The molecule has 0 bridgehead atoms. The van der Waals surface area contributed by atoms with Crippen LogP contribution < -0.4 is 0 Å². The molecule has 0 aliphatic heterocycles. The van der Waals surface area contributed by atoms with Crippen LogP contribution in [0.1, 0.15) is 51.9 Å². The summed E-state index contributed by atoms with van der Waals surface area (Å²) < 4.78 is 5.88. The zero-order valence-electron chi connectivity index (χ0n) is 10.5. The van der Waals surface area contributed by atoms with Gasteiger partial charge in [-0.25, -0.2) is 0 Å². The Kier molecular flexibility index (Phi) is 7.03. The maximum atomic E-state index is 5.88. The molecule has 0 aromatic rings. The van der Waals surface area contributed by atoms with Gasteiger partial charge in [0, 0.05) is 13.2 Å². The van der Waals surface area contributed by atoms with Crippen LogP contribution in [0.3, 0.4) is 0 Å². The van der Waals surface area contributed by atoms with Gasteiger partial charge >= 0.3 is 0 Å². The van der Waals surface area contributed by atoms with Gasteiger partial charge in [-0.15, -0.1) is 0 Å². The first-order chi connectivity index (χ1) is 7.33. The fourth-order valence-electron chi connectivity index (χ4n) is 2.31. The number of rotatable bonds is 7. The first-order valence-corrected chi connectivity index (χ1v) is 6.63. The van der Waals surface area contributed by atoms with Gasteiger partial charge in [0.05, 0.1) is 6.10 Å². The third-order valence-corrected chi connectivity index (χ3v) is 3.20. The topological polar surface area (TPSA) is 12.5 Å². The first-order valence-electron chi connectivity index (χ1n) is 6.63. The average molecular weight is 213 g/mol. The van der Waals surface area contributed by atoms with E-state index in [1.54, 1.807) is 0 Å². The second-order valence-electron chi connectivity index (χ2n) is 4.79. The molecule has 1 rings (SSSR count). The smallest absolute Gasteiger partial charge is 0.0575 e. The van der Waals surface area contributed by atoms with E-state index < -0.39 is 0 Å². The molecule has 2 nitrogen and oxygen atoms in total. The van der Waals surface area contributed by atoms with Crippen LogP contribution in [0.4, 0.5) is 0 Å². The van der Waals surface area contributed by atoms with Gasteiger partial charge in [0.15, 0.2) is 0 Å². The summed E-state index contributed by atoms with van der Waals surface area (Å²) in [7, 11) is 2.20. The first kappa shape index (κ1) is 13.0. The normalized spacial score (nSPS) is 18.6. The largest absolute Gasteiger partial charge is 0.378 e. The van der Waals surface area contributed by atoms with Crippen LogP contribution in [0.25, 0.3) is 0 Å². The highest BCUT2D eigenvalue weighted by atomic mass is 16.5. The molecule has 0 amide bonds. The minimum absolute atomic E-state index is 0.579. The van der Waals surface area contributed by atoms with E-state index in [1.807, 2.05) is 0 Å². The van der Waals surface area contributed by atoms with Crippen LogP contribution >= 0.6 is 0 Å². The lowest BCUT2D eigenvalue weighted by Gasteiger charge is -2.22. The number of hydrogen-bond donors (Lipinski definition) is 0. The quantitative estimate of drug-likeness (QED) is 0.603. The Labute approximate surface area is 95.0 Å². The van der Waals surface area contributed by atoms with Gasteiger partial charge in [0.1, 0.15) is 0 Å². The Morgan fingerprint density at radius 3 is 2.53 bits per heavy atom. The molecule has 0 aromatic heterocycles. The molecule has 0 unspecified atom stereocenters. The highest BCUT2D eigenvalue weighted by molar-refractivity contribution is 4.65. The molecule has 0 spiro atoms. The Morgan fingerprint density at radius 2 is 1.87 bits per heavy atom. The highest BCUT2D eigenvalue weighted by Crippen LogP contribution is 2.20. The van der Waals surface area contributed by atoms with Gasteiger partial charge in [-0.2, -0.15) is 0 Å². The van der Waals surface area contributed by atoms with Crippen LogP contribution in [0, 0.1) is 0 Å². The van der Waals surface area contributed by atoms with Crippen LogP contribution in [0.15, 0.2) is 0 Å². The van der Waals surface area contributed by atoms with Crippen molar-refractivity contribution in [1.29, 1.82) is 0 Å². The van der Waals surface area contributed by atoms with Crippen LogP contribution in [0.5, 0.6) is 0 Å². The molecule has 2 heteroatoms. The van der Waals surface area contributed by atoms with Crippen molar-refractivity contribution in [3.8, 4) is 0 Å². The van der Waals surface area contributed by atoms with E-state index in [4.69, 9.17) is 4.74 Å². The molecular formula is C13H27NO. The van der Waals surface area contributed by atoms with Crippen LogP contribution in [-0.2, 0) is 4.74 Å². The third kappa shape index (κ3) is 6.16. The van der Waals surface area contributed by atoms with Gasteiger partial charge in [-0.3, -0.25) is 0 Å². The van der Waals surface area contributed by atoms with E-state index >= 15 is 0 Å². The summed E-state index contributed by atoms with van der Waals surface area (Å²) in [6.45, 7) is 5.58. The van der Waals surface area contributed by atoms with Crippen LogP contribution in [-0.4, -0.2) is 37.7 Å². The molecule has 1 aliphatic rings.